The molecule has 0 amide bonds. The SMILES string of the molecule is CN(C)c1ccccc1N(c1ccccc1)S(=O)(=O)c1ccccc1. The average molecular weight is 352 g/mol. The lowest BCUT2D eigenvalue weighted by atomic mass is 10.2. The fourth-order valence-electron chi connectivity index (χ4n) is 2.68. The number of anilines is 3. The summed E-state index contributed by atoms with van der Waals surface area (Å²) >= 11 is 0. The molecule has 0 radical (unpaired) electrons. The first-order valence-corrected chi connectivity index (χ1v) is 9.37. The molecule has 3 rings (SSSR count). The van der Waals surface area contributed by atoms with Crippen molar-refractivity contribution in [1.29, 1.82) is 0 Å². The van der Waals surface area contributed by atoms with E-state index in [-0.39, 0.29) is 4.90 Å². The maximum Gasteiger partial charge on any atom is 0.268 e. The molecule has 5 heteroatoms. The van der Waals surface area contributed by atoms with Gasteiger partial charge in [-0.2, -0.15) is 0 Å². The van der Waals surface area contributed by atoms with Crippen LogP contribution in [0, 0.1) is 0 Å². The minimum absolute atomic E-state index is 0.257. The van der Waals surface area contributed by atoms with Gasteiger partial charge in [0.1, 0.15) is 0 Å². The molecular weight excluding hydrogens is 332 g/mol. The summed E-state index contributed by atoms with van der Waals surface area (Å²) in [4.78, 5) is 2.17. The highest BCUT2D eigenvalue weighted by atomic mass is 32.2. The van der Waals surface area contributed by atoms with Crippen LogP contribution in [-0.4, -0.2) is 22.5 Å². The Balaban J connectivity index is 2.26. The fraction of sp³-hybridized carbons (Fsp3) is 0.100. The largest absolute Gasteiger partial charge is 0.376 e. The molecule has 3 aromatic rings. The molecule has 0 heterocycles. The van der Waals surface area contributed by atoms with Crippen molar-refractivity contribution in [2.24, 2.45) is 0 Å². The molecule has 0 spiro atoms. The quantitative estimate of drug-likeness (QED) is 0.688. The van der Waals surface area contributed by atoms with E-state index >= 15 is 0 Å². The van der Waals surface area contributed by atoms with Crippen LogP contribution in [0.1, 0.15) is 0 Å². The van der Waals surface area contributed by atoms with E-state index in [0.29, 0.717) is 11.4 Å². The monoisotopic (exact) mass is 352 g/mol. The van der Waals surface area contributed by atoms with E-state index in [1.54, 1.807) is 42.5 Å². The van der Waals surface area contributed by atoms with Gasteiger partial charge in [0.05, 0.1) is 22.0 Å². The van der Waals surface area contributed by atoms with Gasteiger partial charge in [-0.3, -0.25) is 0 Å². The molecule has 0 aliphatic rings. The van der Waals surface area contributed by atoms with Crippen LogP contribution in [0.25, 0.3) is 0 Å². The lowest BCUT2D eigenvalue weighted by molar-refractivity contribution is 0.596. The minimum atomic E-state index is -3.76. The molecule has 0 N–H and O–H groups in total. The summed E-state index contributed by atoms with van der Waals surface area (Å²) in [6.45, 7) is 0. The predicted octanol–water partition coefficient (Wildman–Crippen LogP) is 4.28. The Morgan fingerprint density at radius 1 is 0.640 bits per heavy atom. The van der Waals surface area contributed by atoms with Crippen LogP contribution in [-0.2, 0) is 10.0 Å². The second kappa shape index (κ2) is 6.99. The summed E-state index contributed by atoms with van der Waals surface area (Å²) in [5, 5.41) is 0. The number of benzene rings is 3. The normalized spacial score (nSPS) is 11.1. The van der Waals surface area contributed by atoms with Crippen LogP contribution in [0.3, 0.4) is 0 Å². The summed E-state index contributed by atoms with van der Waals surface area (Å²) < 4.78 is 28.2. The number of hydrogen-bond donors (Lipinski definition) is 0. The van der Waals surface area contributed by atoms with E-state index in [1.165, 1.54) is 4.31 Å². The van der Waals surface area contributed by atoms with E-state index in [2.05, 4.69) is 0 Å². The molecule has 0 atom stereocenters. The number of rotatable bonds is 5. The van der Waals surface area contributed by atoms with Crippen LogP contribution >= 0.6 is 0 Å². The van der Waals surface area contributed by atoms with Crippen molar-refractivity contribution in [1.82, 2.24) is 0 Å². The third-order valence-electron chi connectivity index (χ3n) is 3.85. The van der Waals surface area contributed by atoms with Gasteiger partial charge in [-0.1, -0.05) is 48.5 Å². The number of hydrogen-bond acceptors (Lipinski definition) is 3. The van der Waals surface area contributed by atoms with E-state index in [1.807, 2.05) is 61.5 Å². The number of nitrogens with zero attached hydrogens (tertiary/aromatic N) is 2. The topological polar surface area (TPSA) is 40.6 Å². The molecular formula is C20H20N2O2S. The van der Waals surface area contributed by atoms with E-state index in [9.17, 15) is 8.42 Å². The zero-order chi connectivity index (χ0) is 17.9. The van der Waals surface area contributed by atoms with Crippen LogP contribution in [0.5, 0.6) is 0 Å². The van der Waals surface area contributed by atoms with Gasteiger partial charge < -0.3 is 4.90 Å². The lowest BCUT2D eigenvalue weighted by Crippen LogP contribution is -2.28. The molecule has 0 bridgehead atoms. The van der Waals surface area contributed by atoms with Gasteiger partial charge in [0.25, 0.3) is 10.0 Å². The first-order valence-electron chi connectivity index (χ1n) is 7.93. The highest BCUT2D eigenvalue weighted by molar-refractivity contribution is 7.93. The molecule has 3 aromatic carbocycles. The standard InChI is InChI=1S/C20H20N2O2S/c1-21(2)19-15-9-10-16-20(19)22(17-11-5-3-6-12-17)25(23,24)18-13-7-4-8-14-18/h3-16H,1-2H3. The van der Waals surface area contributed by atoms with Crippen molar-refractivity contribution in [3.8, 4) is 0 Å². The van der Waals surface area contributed by atoms with Crippen molar-refractivity contribution < 1.29 is 8.42 Å². The summed E-state index contributed by atoms with van der Waals surface area (Å²) in [5.74, 6) is 0. The summed E-state index contributed by atoms with van der Waals surface area (Å²) in [7, 11) is 0.0434. The van der Waals surface area contributed by atoms with Crippen molar-refractivity contribution in [3.63, 3.8) is 0 Å². The van der Waals surface area contributed by atoms with Gasteiger partial charge in [0.15, 0.2) is 0 Å². The van der Waals surface area contributed by atoms with Gasteiger partial charge >= 0.3 is 0 Å². The average Bonchev–Trinajstić information content (AvgIpc) is 2.63. The number of para-hydroxylation sites is 3. The van der Waals surface area contributed by atoms with Crippen molar-refractivity contribution in [2.75, 3.05) is 23.3 Å². The Bertz CT molecular complexity index is 940. The predicted molar refractivity (Wildman–Crippen MR) is 103 cm³/mol. The molecule has 0 aliphatic carbocycles. The Hall–Kier alpha value is -2.79. The lowest BCUT2D eigenvalue weighted by Gasteiger charge is -2.28. The molecule has 0 unspecified atom stereocenters. The summed E-state index contributed by atoms with van der Waals surface area (Å²) in [5.41, 5.74) is 2.04. The smallest absolute Gasteiger partial charge is 0.268 e. The molecule has 0 aliphatic heterocycles. The van der Waals surface area contributed by atoms with E-state index < -0.39 is 10.0 Å². The van der Waals surface area contributed by atoms with E-state index in [4.69, 9.17) is 0 Å². The van der Waals surface area contributed by atoms with Crippen molar-refractivity contribution in [3.05, 3.63) is 84.9 Å². The molecule has 0 aromatic heterocycles. The second-order valence-electron chi connectivity index (χ2n) is 5.80. The Morgan fingerprint density at radius 3 is 1.68 bits per heavy atom. The molecule has 25 heavy (non-hydrogen) atoms. The van der Waals surface area contributed by atoms with Crippen molar-refractivity contribution in [2.45, 2.75) is 4.90 Å². The Kier molecular flexibility index (Phi) is 4.76. The van der Waals surface area contributed by atoms with Crippen LogP contribution in [0.2, 0.25) is 0 Å². The van der Waals surface area contributed by atoms with Gasteiger partial charge in [-0.15, -0.1) is 0 Å². The first-order chi connectivity index (χ1) is 12.0. The maximum atomic E-state index is 13.4. The molecule has 4 nitrogen and oxygen atoms in total. The molecule has 0 fully saturated rings. The van der Waals surface area contributed by atoms with Crippen LogP contribution < -0.4 is 9.21 Å². The van der Waals surface area contributed by atoms with Crippen LogP contribution in [0.4, 0.5) is 17.1 Å². The first kappa shape index (κ1) is 17.0. The van der Waals surface area contributed by atoms with Gasteiger partial charge in [-0.05, 0) is 36.4 Å². The molecule has 0 saturated heterocycles. The second-order valence-corrected chi connectivity index (χ2v) is 7.59. The fourth-order valence-corrected chi connectivity index (χ4v) is 4.21. The minimum Gasteiger partial charge on any atom is -0.376 e. The molecule has 0 saturated carbocycles. The van der Waals surface area contributed by atoms with E-state index in [0.717, 1.165) is 5.69 Å². The summed E-state index contributed by atoms with van der Waals surface area (Å²) in [6, 6.07) is 25.1. The van der Waals surface area contributed by atoms with Gasteiger partial charge in [0, 0.05) is 14.1 Å². The van der Waals surface area contributed by atoms with Gasteiger partial charge in [0.2, 0.25) is 0 Å². The summed E-state index contributed by atoms with van der Waals surface area (Å²) in [6.07, 6.45) is 0. The third kappa shape index (κ3) is 3.37. The highest BCUT2D eigenvalue weighted by Gasteiger charge is 2.28. The van der Waals surface area contributed by atoms with Crippen molar-refractivity contribution >= 4 is 27.1 Å². The zero-order valence-corrected chi connectivity index (χ0v) is 15.0. The third-order valence-corrected chi connectivity index (χ3v) is 5.61. The zero-order valence-electron chi connectivity index (χ0n) is 14.2. The Morgan fingerprint density at radius 2 is 1.12 bits per heavy atom. The number of sulfonamides is 1. The Labute approximate surface area is 149 Å². The molecule has 128 valence electrons. The highest BCUT2D eigenvalue weighted by Crippen LogP contribution is 2.37. The van der Waals surface area contributed by atoms with Crippen LogP contribution in [0.15, 0.2) is 89.8 Å². The maximum absolute atomic E-state index is 13.4. The van der Waals surface area contributed by atoms with Gasteiger partial charge in [-0.25, -0.2) is 12.7 Å².